The van der Waals surface area contributed by atoms with Crippen molar-refractivity contribution >= 4 is 0 Å². The summed E-state index contributed by atoms with van der Waals surface area (Å²) in [5.41, 5.74) is 0.296. The third kappa shape index (κ3) is 3.21. The van der Waals surface area contributed by atoms with Crippen molar-refractivity contribution in [2.24, 2.45) is 5.41 Å². The number of rotatable bonds is 3. The molecular formula is C9H20O. The standard InChI is InChI=1S/C9H20O/c1-6-7-8(10-5)9(2,3)4/h8H,6-7H2,1-5H3. The second-order valence-corrected chi connectivity index (χ2v) is 3.88. The van der Waals surface area contributed by atoms with Crippen LogP contribution in [0.1, 0.15) is 40.5 Å². The predicted molar refractivity (Wildman–Crippen MR) is 45.2 cm³/mol. The second kappa shape index (κ2) is 3.97. The third-order valence-electron chi connectivity index (χ3n) is 1.80. The van der Waals surface area contributed by atoms with Crippen molar-refractivity contribution in [3.63, 3.8) is 0 Å². The van der Waals surface area contributed by atoms with E-state index in [-0.39, 0.29) is 0 Å². The lowest BCUT2D eigenvalue weighted by atomic mass is 9.86. The molecule has 0 N–H and O–H groups in total. The molecule has 0 aliphatic rings. The molecule has 0 fully saturated rings. The summed E-state index contributed by atoms with van der Waals surface area (Å²) in [6, 6.07) is 0. The largest absolute Gasteiger partial charge is 0.381 e. The van der Waals surface area contributed by atoms with Gasteiger partial charge in [-0.1, -0.05) is 34.1 Å². The second-order valence-electron chi connectivity index (χ2n) is 3.88. The van der Waals surface area contributed by atoms with Crippen molar-refractivity contribution in [2.75, 3.05) is 7.11 Å². The van der Waals surface area contributed by atoms with Gasteiger partial charge in [0, 0.05) is 7.11 Å². The van der Waals surface area contributed by atoms with E-state index in [1.807, 2.05) is 0 Å². The van der Waals surface area contributed by atoms with Gasteiger partial charge >= 0.3 is 0 Å². The van der Waals surface area contributed by atoms with Gasteiger partial charge in [-0.3, -0.25) is 0 Å². The highest BCUT2D eigenvalue weighted by Gasteiger charge is 2.22. The molecule has 0 aliphatic heterocycles. The van der Waals surface area contributed by atoms with Crippen LogP contribution in [0.4, 0.5) is 0 Å². The molecule has 0 heterocycles. The minimum Gasteiger partial charge on any atom is -0.381 e. The Balaban J connectivity index is 3.81. The van der Waals surface area contributed by atoms with Gasteiger partial charge in [0.25, 0.3) is 0 Å². The molecule has 62 valence electrons. The number of ether oxygens (including phenoxy) is 1. The van der Waals surface area contributed by atoms with E-state index in [9.17, 15) is 0 Å². The molecule has 10 heavy (non-hydrogen) atoms. The molecule has 0 amide bonds. The summed E-state index contributed by atoms with van der Waals surface area (Å²) in [6.07, 6.45) is 2.79. The van der Waals surface area contributed by atoms with Crippen LogP contribution in [0.15, 0.2) is 0 Å². The van der Waals surface area contributed by atoms with Crippen LogP contribution < -0.4 is 0 Å². The van der Waals surface area contributed by atoms with E-state index in [4.69, 9.17) is 4.74 Å². The molecule has 0 saturated heterocycles. The summed E-state index contributed by atoms with van der Waals surface area (Å²) in [4.78, 5) is 0. The highest BCUT2D eigenvalue weighted by molar-refractivity contribution is 4.73. The molecule has 1 unspecified atom stereocenters. The lowest BCUT2D eigenvalue weighted by Crippen LogP contribution is -2.27. The third-order valence-corrected chi connectivity index (χ3v) is 1.80. The Morgan fingerprint density at radius 1 is 1.30 bits per heavy atom. The van der Waals surface area contributed by atoms with Gasteiger partial charge in [-0.15, -0.1) is 0 Å². The Kier molecular flexibility index (Phi) is 3.95. The normalized spacial score (nSPS) is 15.3. The summed E-state index contributed by atoms with van der Waals surface area (Å²) in [5, 5.41) is 0. The number of hydrogen-bond donors (Lipinski definition) is 0. The van der Waals surface area contributed by atoms with Crippen LogP contribution in [0.3, 0.4) is 0 Å². The first kappa shape index (κ1) is 9.96. The van der Waals surface area contributed by atoms with E-state index in [0.29, 0.717) is 11.5 Å². The maximum Gasteiger partial charge on any atom is 0.0619 e. The summed E-state index contributed by atoms with van der Waals surface area (Å²) < 4.78 is 5.36. The van der Waals surface area contributed by atoms with Crippen LogP contribution in [0.2, 0.25) is 0 Å². The fraction of sp³-hybridized carbons (Fsp3) is 1.00. The van der Waals surface area contributed by atoms with E-state index in [1.165, 1.54) is 12.8 Å². The van der Waals surface area contributed by atoms with Crippen LogP contribution in [0, 0.1) is 5.41 Å². The quantitative estimate of drug-likeness (QED) is 0.592. The molecule has 0 aromatic heterocycles. The first-order valence-corrected chi connectivity index (χ1v) is 4.05. The first-order chi connectivity index (χ1) is 4.52. The molecule has 0 rings (SSSR count). The summed E-state index contributed by atoms with van der Waals surface area (Å²) >= 11 is 0. The van der Waals surface area contributed by atoms with Crippen molar-refractivity contribution < 1.29 is 4.74 Å². The minimum atomic E-state index is 0.296. The Hall–Kier alpha value is -0.0400. The maximum atomic E-state index is 5.36. The van der Waals surface area contributed by atoms with E-state index in [2.05, 4.69) is 27.7 Å². The van der Waals surface area contributed by atoms with Crippen LogP contribution in [-0.2, 0) is 4.74 Å². The lowest BCUT2D eigenvalue weighted by Gasteiger charge is -2.28. The van der Waals surface area contributed by atoms with Gasteiger partial charge in [-0.05, 0) is 11.8 Å². The van der Waals surface area contributed by atoms with E-state index in [0.717, 1.165) is 0 Å². The molecule has 1 heteroatoms. The first-order valence-electron chi connectivity index (χ1n) is 4.05. The van der Waals surface area contributed by atoms with E-state index in [1.54, 1.807) is 7.11 Å². The number of hydrogen-bond acceptors (Lipinski definition) is 1. The van der Waals surface area contributed by atoms with Gasteiger partial charge in [0.1, 0.15) is 0 Å². The van der Waals surface area contributed by atoms with E-state index < -0.39 is 0 Å². The summed E-state index contributed by atoms with van der Waals surface area (Å²) in [5.74, 6) is 0. The predicted octanol–water partition coefficient (Wildman–Crippen LogP) is 2.85. The molecule has 0 aliphatic carbocycles. The van der Waals surface area contributed by atoms with Crippen molar-refractivity contribution in [3.8, 4) is 0 Å². The average Bonchev–Trinajstić information content (AvgIpc) is 1.80. The zero-order chi connectivity index (χ0) is 8.20. The van der Waals surface area contributed by atoms with Gasteiger partial charge in [0.05, 0.1) is 6.10 Å². The van der Waals surface area contributed by atoms with Crippen LogP contribution in [0.5, 0.6) is 0 Å². The molecule has 1 atom stereocenters. The molecule has 1 nitrogen and oxygen atoms in total. The van der Waals surface area contributed by atoms with E-state index >= 15 is 0 Å². The molecule has 0 aromatic rings. The molecule has 0 spiro atoms. The fourth-order valence-electron chi connectivity index (χ4n) is 1.17. The Labute approximate surface area is 64.8 Å². The van der Waals surface area contributed by atoms with Crippen molar-refractivity contribution in [1.29, 1.82) is 0 Å². The van der Waals surface area contributed by atoms with Gasteiger partial charge in [-0.2, -0.15) is 0 Å². The van der Waals surface area contributed by atoms with Crippen molar-refractivity contribution in [3.05, 3.63) is 0 Å². The van der Waals surface area contributed by atoms with Gasteiger partial charge in [-0.25, -0.2) is 0 Å². The zero-order valence-corrected chi connectivity index (χ0v) is 7.90. The topological polar surface area (TPSA) is 9.23 Å². The number of methoxy groups -OCH3 is 1. The Morgan fingerprint density at radius 2 is 1.80 bits per heavy atom. The minimum absolute atomic E-state index is 0.296. The Morgan fingerprint density at radius 3 is 1.90 bits per heavy atom. The smallest absolute Gasteiger partial charge is 0.0619 e. The molecule has 0 bridgehead atoms. The zero-order valence-electron chi connectivity index (χ0n) is 7.90. The molecule has 0 radical (unpaired) electrons. The van der Waals surface area contributed by atoms with Crippen molar-refractivity contribution in [2.45, 2.75) is 46.6 Å². The molecular weight excluding hydrogens is 124 g/mol. The van der Waals surface area contributed by atoms with Crippen LogP contribution >= 0.6 is 0 Å². The molecule has 0 saturated carbocycles. The summed E-state index contributed by atoms with van der Waals surface area (Å²) in [6.45, 7) is 8.85. The van der Waals surface area contributed by atoms with Crippen molar-refractivity contribution in [1.82, 2.24) is 0 Å². The monoisotopic (exact) mass is 144 g/mol. The molecule has 0 aromatic carbocycles. The summed E-state index contributed by atoms with van der Waals surface area (Å²) in [7, 11) is 1.80. The maximum absolute atomic E-state index is 5.36. The van der Waals surface area contributed by atoms with Gasteiger partial charge in [0.2, 0.25) is 0 Å². The Bertz CT molecular complexity index is 81.2. The van der Waals surface area contributed by atoms with Gasteiger partial charge in [0.15, 0.2) is 0 Å². The van der Waals surface area contributed by atoms with Crippen LogP contribution in [-0.4, -0.2) is 13.2 Å². The highest BCUT2D eigenvalue weighted by Crippen LogP contribution is 2.24. The highest BCUT2D eigenvalue weighted by atomic mass is 16.5. The van der Waals surface area contributed by atoms with Crippen LogP contribution in [0.25, 0.3) is 0 Å². The fourth-order valence-corrected chi connectivity index (χ4v) is 1.17. The van der Waals surface area contributed by atoms with Gasteiger partial charge < -0.3 is 4.74 Å². The average molecular weight is 144 g/mol. The lowest BCUT2D eigenvalue weighted by molar-refractivity contribution is 0.0103. The SMILES string of the molecule is CCCC(OC)C(C)(C)C.